The zero-order valence-electron chi connectivity index (χ0n) is 22.8. The molecule has 1 amide bonds. The number of aryl methyl sites for hydroxylation is 3. The summed E-state index contributed by atoms with van der Waals surface area (Å²) in [6.07, 6.45) is 3.28. The van der Waals surface area contributed by atoms with Gasteiger partial charge in [0.05, 0.1) is 18.3 Å². The van der Waals surface area contributed by atoms with Crippen LogP contribution >= 0.6 is 0 Å². The van der Waals surface area contributed by atoms with Crippen molar-refractivity contribution in [3.63, 3.8) is 0 Å². The van der Waals surface area contributed by atoms with E-state index in [1.165, 1.54) is 18.4 Å². The van der Waals surface area contributed by atoms with Crippen LogP contribution in [0, 0.1) is 13.8 Å². The van der Waals surface area contributed by atoms with Gasteiger partial charge in [-0.15, -0.1) is 0 Å². The third-order valence-electron chi connectivity index (χ3n) is 6.56. The van der Waals surface area contributed by atoms with Gasteiger partial charge in [0.1, 0.15) is 28.1 Å². The molecule has 10 heteroatoms. The van der Waals surface area contributed by atoms with Crippen LogP contribution in [0.4, 0.5) is 4.39 Å². The molecule has 1 aromatic carbocycles. The number of halogens is 1. The number of H-pyrrole nitrogens is 1. The highest BCUT2D eigenvalue weighted by atomic mass is 19.1. The third-order valence-corrected chi connectivity index (χ3v) is 6.56. The van der Waals surface area contributed by atoms with Gasteiger partial charge in [0.2, 0.25) is 5.88 Å². The van der Waals surface area contributed by atoms with Crippen LogP contribution in [0.3, 0.4) is 0 Å². The van der Waals surface area contributed by atoms with Crippen LogP contribution in [0.15, 0.2) is 47.5 Å². The quantitative estimate of drug-likeness (QED) is 0.301. The number of carbonyl (C=O) groups is 1. The molecule has 0 aliphatic carbocycles. The second kappa shape index (κ2) is 9.68. The van der Waals surface area contributed by atoms with Gasteiger partial charge in [0.25, 0.3) is 11.5 Å². The number of carbonyl (C=O) groups excluding carboxylic acids is 1. The Morgan fingerprint density at radius 1 is 1.18 bits per heavy atom. The molecule has 9 nitrogen and oxygen atoms in total. The first-order valence-corrected chi connectivity index (χ1v) is 12.8. The molecule has 5 aromatic rings. The summed E-state index contributed by atoms with van der Waals surface area (Å²) >= 11 is 0. The smallest absolute Gasteiger partial charge is 0.274 e. The van der Waals surface area contributed by atoms with Crippen molar-refractivity contribution in [2.45, 2.75) is 46.8 Å². The number of aromatic nitrogens is 5. The second-order valence-corrected chi connectivity index (χ2v) is 10.4. The van der Waals surface area contributed by atoms with Gasteiger partial charge in [0, 0.05) is 36.3 Å². The third kappa shape index (κ3) is 4.89. The summed E-state index contributed by atoms with van der Waals surface area (Å²) in [5.74, 6) is 0.659. The summed E-state index contributed by atoms with van der Waals surface area (Å²) in [7, 11) is 1.64. The van der Waals surface area contributed by atoms with E-state index in [4.69, 9.17) is 9.72 Å². The number of ether oxygens (including phenoxy) is 1. The normalized spacial score (nSPS) is 11.9. The maximum atomic E-state index is 14.6. The first-order chi connectivity index (χ1) is 18.5. The number of nitrogens with one attached hydrogen (secondary N) is 2. The molecule has 4 aromatic heterocycles. The highest BCUT2D eigenvalue weighted by Crippen LogP contribution is 2.39. The topological polar surface area (TPSA) is 107 Å². The average Bonchev–Trinajstić information content (AvgIpc) is 3.47. The van der Waals surface area contributed by atoms with Gasteiger partial charge >= 0.3 is 0 Å². The van der Waals surface area contributed by atoms with Crippen LogP contribution in [0.1, 0.15) is 42.4 Å². The molecule has 4 heterocycles. The lowest BCUT2D eigenvalue weighted by atomic mass is 10.0. The number of alkyl halides is 1. The summed E-state index contributed by atoms with van der Waals surface area (Å²) in [4.78, 5) is 33.5. The van der Waals surface area contributed by atoms with E-state index in [1.54, 1.807) is 30.2 Å². The first-order valence-electron chi connectivity index (χ1n) is 12.8. The predicted octanol–water partition coefficient (Wildman–Crippen LogP) is 5.19. The van der Waals surface area contributed by atoms with Gasteiger partial charge in [-0.2, -0.15) is 5.10 Å². The SMILES string of the molecule is CCNC(=O)c1cc2c(-c3cc4c(cnn4CC(C)(C)F)nc3Oc3c(C)cccc3C)cn(C)c(=O)c2[nH]1. The molecule has 0 bridgehead atoms. The summed E-state index contributed by atoms with van der Waals surface area (Å²) in [6, 6.07) is 9.37. The summed E-state index contributed by atoms with van der Waals surface area (Å²) in [5, 5.41) is 7.69. The number of fused-ring (bicyclic) bond motifs is 2. The van der Waals surface area contributed by atoms with E-state index >= 15 is 0 Å². The highest BCUT2D eigenvalue weighted by molar-refractivity contribution is 6.03. The maximum Gasteiger partial charge on any atom is 0.274 e. The monoisotopic (exact) mass is 530 g/mol. The number of nitrogens with zero attached hydrogens (tertiary/aromatic N) is 4. The summed E-state index contributed by atoms with van der Waals surface area (Å²) in [6.45, 7) is 9.20. The Hall–Kier alpha value is -4.47. The van der Waals surface area contributed by atoms with E-state index in [0.29, 0.717) is 45.7 Å². The van der Waals surface area contributed by atoms with Crippen LogP contribution in [-0.4, -0.2) is 42.4 Å². The molecule has 2 N–H and O–H groups in total. The fraction of sp³-hybridized carbons (Fsp3) is 0.310. The van der Waals surface area contributed by atoms with Crippen LogP contribution < -0.4 is 15.6 Å². The van der Waals surface area contributed by atoms with Crippen LogP contribution in [0.25, 0.3) is 33.1 Å². The van der Waals surface area contributed by atoms with Gasteiger partial charge < -0.3 is 19.6 Å². The van der Waals surface area contributed by atoms with E-state index in [-0.39, 0.29) is 29.2 Å². The lowest BCUT2D eigenvalue weighted by molar-refractivity contribution is 0.0951. The molecule has 0 unspecified atom stereocenters. The Labute approximate surface area is 224 Å². The molecule has 0 saturated carbocycles. The van der Waals surface area contributed by atoms with Crippen molar-refractivity contribution in [2.24, 2.45) is 7.05 Å². The number of amides is 1. The van der Waals surface area contributed by atoms with E-state index in [2.05, 4.69) is 15.4 Å². The number of hydrogen-bond acceptors (Lipinski definition) is 5. The molecule has 202 valence electrons. The second-order valence-electron chi connectivity index (χ2n) is 10.4. The van der Waals surface area contributed by atoms with Crippen molar-refractivity contribution in [1.82, 2.24) is 29.6 Å². The van der Waals surface area contributed by atoms with Crippen LogP contribution in [-0.2, 0) is 13.6 Å². The zero-order valence-corrected chi connectivity index (χ0v) is 22.8. The fourth-order valence-corrected chi connectivity index (χ4v) is 4.72. The Morgan fingerprint density at radius 3 is 2.56 bits per heavy atom. The average molecular weight is 531 g/mol. The standard InChI is InChI=1S/C29H31FN6O3/c1-7-31-26(37)21-11-18-20(14-35(6)28(38)24(18)33-21)19-12-23-22(13-32-36(23)15-29(4,5)30)34-27(19)39-25-16(2)9-8-10-17(25)3/h8-14,33H,7,15H2,1-6H3,(H,31,37). The Morgan fingerprint density at radius 2 is 1.90 bits per heavy atom. The molecule has 0 fully saturated rings. The fourth-order valence-electron chi connectivity index (χ4n) is 4.72. The number of benzene rings is 1. The molecule has 0 atom stereocenters. The van der Waals surface area contributed by atoms with E-state index < -0.39 is 5.67 Å². The number of rotatable bonds is 7. The van der Waals surface area contributed by atoms with Crippen molar-refractivity contribution >= 4 is 27.8 Å². The first kappa shape index (κ1) is 26.1. The Balaban J connectivity index is 1.80. The van der Waals surface area contributed by atoms with Gasteiger partial charge in [-0.3, -0.25) is 14.3 Å². The zero-order chi connectivity index (χ0) is 28.1. The Bertz CT molecular complexity index is 1770. The minimum atomic E-state index is -1.50. The van der Waals surface area contributed by atoms with Crippen LogP contribution in [0.2, 0.25) is 0 Å². The van der Waals surface area contributed by atoms with E-state index in [1.807, 2.05) is 45.0 Å². The van der Waals surface area contributed by atoms with E-state index in [0.717, 1.165) is 11.1 Å². The molecule has 0 saturated heterocycles. The molecule has 0 spiro atoms. The molecule has 39 heavy (non-hydrogen) atoms. The highest BCUT2D eigenvalue weighted by Gasteiger charge is 2.24. The van der Waals surface area contributed by atoms with Gasteiger partial charge in [-0.05, 0) is 57.9 Å². The Kier molecular flexibility index (Phi) is 6.49. The van der Waals surface area contributed by atoms with Crippen LogP contribution in [0.5, 0.6) is 11.6 Å². The molecule has 5 rings (SSSR count). The van der Waals surface area contributed by atoms with Crippen molar-refractivity contribution < 1.29 is 13.9 Å². The van der Waals surface area contributed by atoms with E-state index in [9.17, 15) is 14.0 Å². The molecular formula is C29H31FN6O3. The molecule has 0 aliphatic heterocycles. The number of para-hydroxylation sites is 1. The predicted molar refractivity (Wildman–Crippen MR) is 149 cm³/mol. The number of aromatic amines is 1. The molecule has 0 aliphatic rings. The lowest BCUT2D eigenvalue weighted by Gasteiger charge is -2.17. The largest absolute Gasteiger partial charge is 0.438 e. The molecular weight excluding hydrogens is 499 g/mol. The van der Waals surface area contributed by atoms with Crippen molar-refractivity contribution in [2.75, 3.05) is 6.54 Å². The summed E-state index contributed by atoms with van der Waals surface area (Å²) in [5.41, 5.74) is 3.01. The maximum absolute atomic E-state index is 14.6. The van der Waals surface area contributed by atoms with Crippen molar-refractivity contribution in [3.8, 4) is 22.8 Å². The van der Waals surface area contributed by atoms with Crippen molar-refractivity contribution in [3.05, 3.63) is 69.9 Å². The van der Waals surface area contributed by atoms with Gasteiger partial charge in [0.15, 0.2) is 0 Å². The summed E-state index contributed by atoms with van der Waals surface area (Å²) < 4.78 is 24.1. The lowest BCUT2D eigenvalue weighted by Crippen LogP contribution is -2.23. The molecule has 0 radical (unpaired) electrons. The number of pyridine rings is 2. The minimum absolute atomic E-state index is 0.0307. The van der Waals surface area contributed by atoms with Gasteiger partial charge in [-0.1, -0.05) is 18.2 Å². The van der Waals surface area contributed by atoms with Gasteiger partial charge in [-0.25, -0.2) is 9.37 Å². The number of hydrogen-bond donors (Lipinski definition) is 2. The minimum Gasteiger partial charge on any atom is -0.438 e. The van der Waals surface area contributed by atoms with Crippen molar-refractivity contribution in [1.29, 1.82) is 0 Å².